The number of Topliss-reactive ketones (excluding diaryl/α,β-unsaturated/α-hetero) is 1. The molecule has 0 amide bonds. The summed E-state index contributed by atoms with van der Waals surface area (Å²) in [6, 6.07) is 16.0. The van der Waals surface area contributed by atoms with Crippen molar-refractivity contribution in [3.05, 3.63) is 65.2 Å². The fourth-order valence-electron chi connectivity index (χ4n) is 2.73. The smallest absolute Gasteiger partial charge is 0.182 e. The average Bonchev–Trinajstić information content (AvgIpc) is 2.85. The summed E-state index contributed by atoms with van der Waals surface area (Å²) in [7, 11) is 0. The van der Waals surface area contributed by atoms with Crippen LogP contribution in [0.1, 0.15) is 35.3 Å². The van der Waals surface area contributed by atoms with Crippen LogP contribution in [0.15, 0.2) is 53.5 Å². The van der Waals surface area contributed by atoms with Crippen molar-refractivity contribution in [1.82, 2.24) is 4.90 Å². The van der Waals surface area contributed by atoms with E-state index in [1.54, 1.807) is 11.8 Å². The highest BCUT2D eigenvalue weighted by Gasteiger charge is 2.38. The zero-order valence-corrected chi connectivity index (χ0v) is 16.1. The van der Waals surface area contributed by atoms with Crippen molar-refractivity contribution in [3.8, 4) is 0 Å². The van der Waals surface area contributed by atoms with Crippen molar-refractivity contribution in [2.24, 2.45) is 4.99 Å². The lowest BCUT2D eigenvalue weighted by molar-refractivity contribution is 0.0932. The maximum atomic E-state index is 12.7. The Morgan fingerprint density at radius 3 is 2.20 bits per heavy atom. The summed E-state index contributed by atoms with van der Waals surface area (Å²) in [4.78, 5) is 19.7. The van der Waals surface area contributed by atoms with E-state index in [9.17, 15) is 4.79 Å². The Kier molecular flexibility index (Phi) is 5.00. The number of thioether (sulfide) groups is 1. The minimum atomic E-state index is -0.0887. The van der Waals surface area contributed by atoms with E-state index in [0.717, 1.165) is 27.7 Å². The number of carbonyl (C=O) groups is 1. The summed E-state index contributed by atoms with van der Waals surface area (Å²) in [5.41, 5.74) is 3.98. The topological polar surface area (TPSA) is 32.7 Å². The fourth-order valence-corrected chi connectivity index (χ4v) is 4.01. The normalized spacial score (nSPS) is 17.9. The predicted molar refractivity (Wildman–Crippen MR) is 107 cm³/mol. The fraction of sp³-hybridized carbons (Fsp3) is 0.333. The molecule has 1 aliphatic heterocycles. The van der Waals surface area contributed by atoms with Crippen LogP contribution < -0.4 is 0 Å². The standard InChI is InChI=1S/C21H24N2OS/c1-15-5-9-17(10-6-15)19(24)13-23-20(25-14-21(23,3)4)22-18-11-7-16(2)8-12-18/h5-12H,13-14H2,1-4H3. The third-order valence-corrected chi connectivity index (χ3v) is 5.87. The number of aliphatic imine (C=N–C) groups is 1. The van der Waals surface area contributed by atoms with Crippen molar-refractivity contribution in [2.75, 3.05) is 12.3 Å². The van der Waals surface area contributed by atoms with Crippen LogP contribution >= 0.6 is 11.8 Å². The van der Waals surface area contributed by atoms with Crippen LogP contribution in [0.2, 0.25) is 0 Å². The van der Waals surface area contributed by atoms with Gasteiger partial charge in [-0.25, -0.2) is 4.99 Å². The third-order valence-electron chi connectivity index (χ3n) is 4.45. The molecule has 130 valence electrons. The van der Waals surface area contributed by atoms with Gasteiger partial charge >= 0.3 is 0 Å². The van der Waals surface area contributed by atoms with E-state index in [0.29, 0.717) is 6.54 Å². The van der Waals surface area contributed by atoms with Crippen LogP contribution in [0.3, 0.4) is 0 Å². The maximum Gasteiger partial charge on any atom is 0.182 e. The van der Waals surface area contributed by atoms with E-state index in [4.69, 9.17) is 4.99 Å². The quantitative estimate of drug-likeness (QED) is 0.726. The van der Waals surface area contributed by atoms with Gasteiger partial charge in [0.1, 0.15) is 0 Å². The number of carbonyl (C=O) groups excluding carboxylic acids is 1. The molecule has 0 saturated carbocycles. The van der Waals surface area contributed by atoms with Crippen LogP contribution in [0, 0.1) is 13.8 Å². The van der Waals surface area contributed by atoms with Gasteiger partial charge in [0.25, 0.3) is 0 Å². The van der Waals surface area contributed by atoms with E-state index in [-0.39, 0.29) is 11.3 Å². The van der Waals surface area contributed by atoms with Gasteiger partial charge in [-0.1, -0.05) is 59.3 Å². The lowest BCUT2D eigenvalue weighted by Gasteiger charge is -2.31. The van der Waals surface area contributed by atoms with Gasteiger partial charge in [-0.2, -0.15) is 0 Å². The van der Waals surface area contributed by atoms with Crippen molar-refractivity contribution >= 4 is 28.4 Å². The third kappa shape index (κ3) is 4.13. The summed E-state index contributed by atoms with van der Waals surface area (Å²) in [6.45, 7) is 8.78. The number of aryl methyl sites for hydroxylation is 2. The lowest BCUT2D eigenvalue weighted by Crippen LogP contribution is -2.45. The molecule has 1 aliphatic rings. The number of nitrogens with zero attached hydrogens (tertiary/aromatic N) is 2. The predicted octanol–water partition coefficient (Wildman–Crippen LogP) is 5.00. The first kappa shape index (κ1) is 17.7. The Morgan fingerprint density at radius 2 is 1.60 bits per heavy atom. The molecule has 3 rings (SSSR count). The van der Waals surface area contributed by atoms with E-state index in [1.165, 1.54) is 5.56 Å². The van der Waals surface area contributed by atoms with Gasteiger partial charge in [-0.15, -0.1) is 0 Å². The monoisotopic (exact) mass is 352 g/mol. The molecule has 25 heavy (non-hydrogen) atoms. The van der Waals surface area contributed by atoms with E-state index >= 15 is 0 Å². The van der Waals surface area contributed by atoms with E-state index in [2.05, 4.69) is 37.8 Å². The molecular weight excluding hydrogens is 328 g/mol. The lowest BCUT2D eigenvalue weighted by atomic mass is 10.0. The summed E-state index contributed by atoms with van der Waals surface area (Å²) in [5, 5.41) is 0.925. The number of rotatable bonds is 4. The van der Waals surface area contributed by atoms with Crippen LogP contribution in [0.4, 0.5) is 5.69 Å². The molecule has 1 saturated heterocycles. The molecule has 2 aromatic rings. The van der Waals surface area contributed by atoms with Gasteiger partial charge in [0.2, 0.25) is 0 Å². The minimum absolute atomic E-state index is 0.0887. The van der Waals surface area contributed by atoms with Gasteiger partial charge < -0.3 is 4.90 Å². The molecule has 0 atom stereocenters. The number of amidine groups is 1. The second-order valence-electron chi connectivity index (χ2n) is 7.21. The Labute approximate surface area is 154 Å². The minimum Gasteiger partial charge on any atom is -0.338 e. The molecule has 0 radical (unpaired) electrons. The molecule has 0 bridgehead atoms. The second kappa shape index (κ2) is 7.04. The molecule has 0 unspecified atom stereocenters. The van der Waals surface area contributed by atoms with Crippen LogP contribution in [-0.2, 0) is 0 Å². The first-order chi connectivity index (χ1) is 11.8. The van der Waals surface area contributed by atoms with E-state index in [1.807, 2.05) is 43.3 Å². The van der Waals surface area contributed by atoms with E-state index < -0.39 is 0 Å². The molecule has 0 aliphatic carbocycles. The molecule has 0 N–H and O–H groups in total. The molecule has 1 fully saturated rings. The van der Waals surface area contributed by atoms with Crippen molar-refractivity contribution in [2.45, 2.75) is 33.2 Å². The Bertz CT molecular complexity index is 792. The molecule has 1 heterocycles. The number of ketones is 1. The highest BCUT2D eigenvalue weighted by Crippen LogP contribution is 2.34. The van der Waals surface area contributed by atoms with Crippen LogP contribution in [0.25, 0.3) is 0 Å². The molecular formula is C21H24N2OS. The second-order valence-corrected chi connectivity index (χ2v) is 8.15. The van der Waals surface area contributed by atoms with Gasteiger partial charge in [-0.05, 0) is 39.8 Å². The zero-order chi connectivity index (χ0) is 18.0. The summed E-state index contributed by atoms with van der Waals surface area (Å²) in [6.07, 6.45) is 0. The molecule has 2 aromatic carbocycles. The Morgan fingerprint density at radius 1 is 1.04 bits per heavy atom. The van der Waals surface area contributed by atoms with Gasteiger partial charge in [-0.3, -0.25) is 4.79 Å². The van der Waals surface area contributed by atoms with Crippen molar-refractivity contribution < 1.29 is 4.79 Å². The Hall–Kier alpha value is -2.07. The number of hydrogen-bond acceptors (Lipinski definition) is 3. The highest BCUT2D eigenvalue weighted by molar-refractivity contribution is 8.14. The Balaban J connectivity index is 1.83. The van der Waals surface area contributed by atoms with Crippen molar-refractivity contribution in [3.63, 3.8) is 0 Å². The summed E-state index contributed by atoms with van der Waals surface area (Å²) >= 11 is 1.72. The first-order valence-corrected chi connectivity index (χ1v) is 9.49. The SMILES string of the molecule is Cc1ccc(N=C2SCC(C)(C)N2CC(=O)c2ccc(C)cc2)cc1. The summed E-state index contributed by atoms with van der Waals surface area (Å²) < 4.78 is 0. The van der Waals surface area contributed by atoms with Crippen LogP contribution in [0.5, 0.6) is 0 Å². The van der Waals surface area contributed by atoms with Crippen LogP contribution in [-0.4, -0.2) is 33.7 Å². The largest absolute Gasteiger partial charge is 0.338 e. The number of benzene rings is 2. The zero-order valence-electron chi connectivity index (χ0n) is 15.2. The van der Waals surface area contributed by atoms with Crippen molar-refractivity contribution in [1.29, 1.82) is 0 Å². The molecule has 4 heteroatoms. The van der Waals surface area contributed by atoms with Gasteiger partial charge in [0.05, 0.1) is 12.2 Å². The summed E-state index contributed by atoms with van der Waals surface area (Å²) in [5.74, 6) is 1.06. The molecule has 0 spiro atoms. The molecule has 3 nitrogen and oxygen atoms in total. The molecule has 0 aromatic heterocycles. The van der Waals surface area contributed by atoms with Gasteiger partial charge in [0.15, 0.2) is 11.0 Å². The highest BCUT2D eigenvalue weighted by atomic mass is 32.2. The van der Waals surface area contributed by atoms with Gasteiger partial charge in [0, 0.05) is 16.9 Å². The number of hydrogen-bond donors (Lipinski definition) is 0. The maximum absolute atomic E-state index is 12.7. The first-order valence-electron chi connectivity index (χ1n) is 8.51. The average molecular weight is 353 g/mol.